The first-order valence-corrected chi connectivity index (χ1v) is 10.3. The van der Waals surface area contributed by atoms with Gasteiger partial charge in [0.2, 0.25) is 5.91 Å². The summed E-state index contributed by atoms with van der Waals surface area (Å²) in [6, 6.07) is 8.49. The highest BCUT2D eigenvalue weighted by atomic mass is 16.5. The van der Waals surface area contributed by atoms with Crippen molar-refractivity contribution >= 4 is 5.91 Å². The van der Waals surface area contributed by atoms with Crippen molar-refractivity contribution in [3.8, 4) is 17.6 Å². The highest BCUT2D eigenvalue weighted by Crippen LogP contribution is 2.56. The van der Waals surface area contributed by atoms with Crippen LogP contribution in [0.1, 0.15) is 56.9 Å². The molecule has 1 aromatic carbocycles. The van der Waals surface area contributed by atoms with E-state index in [1.165, 1.54) is 12.8 Å². The van der Waals surface area contributed by atoms with E-state index < -0.39 is 5.41 Å². The molecule has 6 nitrogen and oxygen atoms in total. The van der Waals surface area contributed by atoms with E-state index in [4.69, 9.17) is 14.7 Å². The summed E-state index contributed by atoms with van der Waals surface area (Å²) in [5.74, 6) is 1.67. The van der Waals surface area contributed by atoms with Gasteiger partial charge in [0.25, 0.3) is 0 Å². The average Bonchev–Trinajstić information content (AvgIpc) is 3.43. The lowest BCUT2D eigenvalue weighted by atomic mass is 9.77. The minimum atomic E-state index is -0.546. The van der Waals surface area contributed by atoms with Gasteiger partial charge < -0.3 is 9.47 Å². The minimum absolute atomic E-state index is 0.145. The fourth-order valence-corrected chi connectivity index (χ4v) is 5.64. The number of carbonyl (C=O) groups excluding carboxylic acids is 1. The number of amides is 1. The molecule has 3 saturated carbocycles. The number of ether oxygens (including phenoxy) is 2. The second-order valence-corrected chi connectivity index (χ2v) is 8.66. The third-order valence-corrected chi connectivity index (χ3v) is 7.07. The van der Waals surface area contributed by atoms with E-state index in [1.54, 1.807) is 12.6 Å². The molecule has 0 bridgehead atoms. The first-order chi connectivity index (χ1) is 13.6. The van der Waals surface area contributed by atoms with Crippen molar-refractivity contribution in [2.45, 2.75) is 62.9 Å². The number of carbonyl (C=O) groups is 1. The molecule has 0 radical (unpaired) electrons. The van der Waals surface area contributed by atoms with Gasteiger partial charge in [0, 0.05) is 5.92 Å². The molecule has 28 heavy (non-hydrogen) atoms. The van der Waals surface area contributed by atoms with Crippen molar-refractivity contribution in [3.63, 3.8) is 0 Å². The van der Waals surface area contributed by atoms with Gasteiger partial charge in [-0.05, 0) is 80.9 Å². The molecular formula is C22H28N2O4. The van der Waals surface area contributed by atoms with Crippen molar-refractivity contribution in [1.29, 1.82) is 5.26 Å². The number of fused-ring (bicyclic) bond motifs is 1. The van der Waals surface area contributed by atoms with Crippen LogP contribution in [0.3, 0.4) is 0 Å². The Balaban J connectivity index is 1.56. The van der Waals surface area contributed by atoms with Crippen LogP contribution in [-0.4, -0.2) is 24.3 Å². The molecule has 150 valence electrons. The predicted octanol–water partition coefficient (Wildman–Crippen LogP) is 3.72. The Kier molecular flexibility index (Phi) is 5.20. The van der Waals surface area contributed by atoms with E-state index in [1.807, 2.05) is 18.2 Å². The minimum Gasteiger partial charge on any atom is -0.493 e. The van der Waals surface area contributed by atoms with Gasteiger partial charge >= 0.3 is 0 Å². The van der Waals surface area contributed by atoms with Crippen LogP contribution >= 0.6 is 0 Å². The maximum Gasteiger partial charge on any atom is 0.246 e. The Bertz CT molecular complexity index is 767. The zero-order valence-electron chi connectivity index (χ0n) is 16.3. The topological polar surface area (TPSA) is 91.6 Å². The van der Waals surface area contributed by atoms with Crippen molar-refractivity contribution in [2.75, 3.05) is 7.11 Å². The molecule has 2 unspecified atom stereocenters. The molecule has 6 heteroatoms. The molecule has 0 aromatic heterocycles. The van der Waals surface area contributed by atoms with Crippen LogP contribution < -0.4 is 15.0 Å². The van der Waals surface area contributed by atoms with E-state index in [2.05, 4.69) is 6.07 Å². The summed E-state index contributed by atoms with van der Waals surface area (Å²) in [4.78, 5) is 11.8. The molecule has 1 amide bonds. The monoisotopic (exact) mass is 384 g/mol. The van der Waals surface area contributed by atoms with Gasteiger partial charge in [0.05, 0.1) is 24.7 Å². The summed E-state index contributed by atoms with van der Waals surface area (Å²) in [7, 11) is 1.64. The fourth-order valence-electron chi connectivity index (χ4n) is 5.64. The van der Waals surface area contributed by atoms with Crippen LogP contribution in [0.25, 0.3) is 0 Å². The van der Waals surface area contributed by atoms with Crippen molar-refractivity contribution in [3.05, 3.63) is 23.8 Å². The Morgan fingerprint density at radius 2 is 1.89 bits per heavy atom. The molecule has 0 spiro atoms. The normalized spacial score (nSPS) is 32.0. The molecule has 0 aliphatic heterocycles. The second-order valence-electron chi connectivity index (χ2n) is 8.66. The standard InChI is InChI=1S/C22H28N2O4/c1-27-19-7-6-17(10-20(19)28-18-4-2-3-5-18)22(13-23)11-15-8-14(21(25)24-26)9-16(15)12-22/h6-7,10,14-16,18,26H,2-5,8-9,11-12H2,1H3,(H,24,25)/t14?,15-,16+,22?. The third kappa shape index (κ3) is 3.33. The molecule has 4 rings (SSSR count). The molecule has 4 atom stereocenters. The number of methoxy groups -OCH3 is 1. The van der Waals surface area contributed by atoms with Crippen molar-refractivity contribution in [2.24, 2.45) is 17.8 Å². The van der Waals surface area contributed by atoms with Crippen LogP contribution in [-0.2, 0) is 10.2 Å². The molecule has 0 heterocycles. The van der Waals surface area contributed by atoms with E-state index in [-0.39, 0.29) is 17.9 Å². The zero-order chi connectivity index (χ0) is 19.7. The predicted molar refractivity (Wildman–Crippen MR) is 102 cm³/mol. The highest BCUT2D eigenvalue weighted by Gasteiger charge is 2.52. The van der Waals surface area contributed by atoms with Crippen LogP contribution in [0, 0.1) is 29.1 Å². The highest BCUT2D eigenvalue weighted by molar-refractivity contribution is 5.77. The smallest absolute Gasteiger partial charge is 0.246 e. The van der Waals surface area contributed by atoms with Gasteiger partial charge in [-0.25, -0.2) is 5.48 Å². The quantitative estimate of drug-likeness (QED) is 0.596. The molecule has 0 saturated heterocycles. The molecule has 2 N–H and O–H groups in total. The van der Waals surface area contributed by atoms with Crippen molar-refractivity contribution < 1.29 is 19.5 Å². The number of hydrogen-bond acceptors (Lipinski definition) is 5. The van der Waals surface area contributed by atoms with E-state index in [0.29, 0.717) is 17.6 Å². The molecule has 3 aliphatic rings. The first kappa shape index (κ1) is 19.1. The van der Waals surface area contributed by atoms with Gasteiger partial charge in [-0.3, -0.25) is 10.0 Å². The summed E-state index contributed by atoms with van der Waals surface area (Å²) in [5, 5.41) is 19.0. The lowest BCUT2D eigenvalue weighted by Gasteiger charge is -2.25. The fraction of sp³-hybridized carbons (Fsp3) is 0.636. The Morgan fingerprint density at radius 3 is 2.46 bits per heavy atom. The SMILES string of the molecule is COc1ccc(C2(C#N)C[C@H]3CC(C(=O)NO)C[C@H]3C2)cc1OC1CCCC1. The van der Waals surface area contributed by atoms with Crippen LogP contribution in [0.5, 0.6) is 11.5 Å². The number of hydroxylamine groups is 1. The summed E-state index contributed by atoms with van der Waals surface area (Å²) in [6.07, 6.45) is 7.72. The van der Waals surface area contributed by atoms with E-state index >= 15 is 0 Å². The third-order valence-electron chi connectivity index (χ3n) is 7.07. The van der Waals surface area contributed by atoms with Crippen molar-refractivity contribution in [1.82, 2.24) is 5.48 Å². The number of nitrogens with zero attached hydrogens (tertiary/aromatic N) is 1. The van der Waals surface area contributed by atoms with Gasteiger partial charge in [-0.15, -0.1) is 0 Å². The number of nitriles is 1. The van der Waals surface area contributed by atoms with Crippen LogP contribution in [0.2, 0.25) is 0 Å². The lowest BCUT2D eigenvalue weighted by Crippen LogP contribution is -2.28. The second kappa shape index (κ2) is 7.63. The summed E-state index contributed by atoms with van der Waals surface area (Å²) in [5.41, 5.74) is 2.22. The molecular weight excluding hydrogens is 356 g/mol. The molecule has 3 fully saturated rings. The van der Waals surface area contributed by atoms with Gasteiger partial charge in [-0.1, -0.05) is 6.07 Å². The van der Waals surface area contributed by atoms with E-state index in [9.17, 15) is 10.1 Å². The molecule has 3 aliphatic carbocycles. The Labute approximate surface area is 165 Å². The average molecular weight is 384 g/mol. The lowest BCUT2D eigenvalue weighted by molar-refractivity contribution is -0.133. The molecule has 1 aromatic rings. The number of rotatable bonds is 5. The number of hydrogen-bond donors (Lipinski definition) is 2. The van der Waals surface area contributed by atoms with Gasteiger partial charge in [0.1, 0.15) is 0 Å². The number of nitrogens with one attached hydrogen (secondary N) is 1. The maximum atomic E-state index is 11.8. The Hall–Kier alpha value is -2.26. The Morgan fingerprint density at radius 1 is 1.21 bits per heavy atom. The van der Waals surface area contributed by atoms with E-state index in [0.717, 1.165) is 49.8 Å². The first-order valence-electron chi connectivity index (χ1n) is 10.3. The van der Waals surface area contributed by atoms with Gasteiger partial charge in [-0.2, -0.15) is 5.26 Å². The van der Waals surface area contributed by atoms with Crippen LogP contribution in [0.15, 0.2) is 18.2 Å². The largest absolute Gasteiger partial charge is 0.493 e. The summed E-state index contributed by atoms with van der Waals surface area (Å²) in [6.45, 7) is 0. The maximum absolute atomic E-state index is 11.8. The van der Waals surface area contributed by atoms with Crippen LogP contribution in [0.4, 0.5) is 0 Å². The summed E-state index contributed by atoms with van der Waals surface area (Å²) < 4.78 is 11.7. The van der Waals surface area contributed by atoms with Gasteiger partial charge in [0.15, 0.2) is 11.5 Å². The summed E-state index contributed by atoms with van der Waals surface area (Å²) >= 11 is 0. The zero-order valence-corrected chi connectivity index (χ0v) is 16.3. The number of benzene rings is 1.